The van der Waals surface area contributed by atoms with E-state index in [9.17, 15) is 0 Å². The van der Waals surface area contributed by atoms with E-state index in [0.29, 0.717) is 0 Å². The number of ether oxygens (including phenoxy) is 1. The summed E-state index contributed by atoms with van der Waals surface area (Å²) in [5, 5.41) is 0. The van der Waals surface area contributed by atoms with Crippen molar-refractivity contribution in [2.24, 2.45) is 0 Å². The molecule has 4 aromatic rings. The van der Waals surface area contributed by atoms with Gasteiger partial charge in [0, 0.05) is 0 Å². The van der Waals surface area contributed by atoms with Gasteiger partial charge in [-0.1, -0.05) is 0 Å². The third kappa shape index (κ3) is 14.0. The fraction of sp³-hybridized carbons (Fsp3) is 0.0588. The Morgan fingerprint density at radius 1 is 0.564 bits per heavy atom. The zero-order chi connectivity index (χ0) is 28.6. The molecule has 39 heavy (non-hydrogen) atoms. The molecule has 1 fully saturated rings. The SMILES string of the molecule is CCO[C](=[Mo])c1ccccc1.[C-]#[O+].[C-]#[O+].[CH]1[CH][CH][CH][CH]1.c1cc[c]([Sn]([c]2ccccc2)[c]2ccccc2)cc1. The first-order valence-corrected chi connectivity index (χ1v) is 17.4. The second-order valence-electron chi connectivity index (χ2n) is 7.52. The van der Waals surface area contributed by atoms with Crippen LogP contribution in [0.2, 0.25) is 0 Å². The fourth-order valence-electron chi connectivity index (χ4n) is 3.42. The van der Waals surface area contributed by atoms with Gasteiger partial charge in [-0.3, -0.25) is 0 Å². The number of hydrogen-bond donors (Lipinski definition) is 0. The van der Waals surface area contributed by atoms with E-state index in [0.717, 1.165) is 10.7 Å². The molecule has 1 saturated carbocycles. The van der Waals surface area contributed by atoms with Gasteiger partial charge in [0.2, 0.25) is 0 Å². The summed E-state index contributed by atoms with van der Waals surface area (Å²) in [6, 6.07) is 43.1. The van der Waals surface area contributed by atoms with E-state index < -0.39 is 19.8 Å². The van der Waals surface area contributed by atoms with E-state index in [1.54, 1.807) is 0 Å². The number of hydrogen-bond acceptors (Lipinski definition) is 1. The summed E-state index contributed by atoms with van der Waals surface area (Å²) in [4.78, 5) is 0. The van der Waals surface area contributed by atoms with Crippen LogP contribution in [0.1, 0.15) is 12.5 Å². The molecule has 1 aliphatic carbocycles. The van der Waals surface area contributed by atoms with Gasteiger partial charge < -0.3 is 0 Å². The first-order chi connectivity index (χ1) is 19.3. The quantitative estimate of drug-likeness (QED) is 0.161. The average molecular weight is 701 g/mol. The average Bonchev–Trinajstić information content (AvgIpc) is 3.63. The monoisotopic (exact) mass is 704 g/mol. The molecule has 0 bridgehead atoms. The first-order valence-electron chi connectivity index (χ1n) is 12.1. The Kier molecular flexibility index (Phi) is 21.0. The molecule has 1 aliphatic rings. The van der Waals surface area contributed by atoms with Gasteiger partial charge in [-0.2, -0.15) is 0 Å². The molecule has 0 atom stereocenters. The van der Waals surface area contributed by atoms with Crippen molar-refractivity contribution in [1.29, 1.82) is 0 Å². The summed E-state index contributed by atoms with van der Waals surface area (Å²) in [5.74, 6) is 0. The van der Waals surface area contributed by atoms with Crippen LogP contribution in [0.3, 0.4) is 0 Å². The van der Waals surface area contributed by atoms with Crippen LogP contribution in [0.15, 0.2) is 121 Å². The molecule has 0 amide bonds. The van der Waals surface area contributed by atoms with Crippen LogP contribution in [0.5, 0.6) is 0 Å². The topological polar surface area (TPSA) is 49.0 Å². The van der Waals surface area contributed by atoms with Crippen molar-refractivity contribution in [1.82, 2.24) is 0 Å². The molecule has 3 nitrogen and oxygen atoms in total. The second kappa shape index (κ2) is 23.6. The van der Waals surface area contributed by atoms with Crippen molar-refractivity contribution in [2.75, 3.05) is 6.61 Å². The van der Waals surface area contributed by atoms with Gasteiger partial charge in [0.25, 0.3) is 0 Å². The fourth-order valence-corrected chi connectivity index (χ4v) is 11.4. The van der Waals surface area contributed by atoms with Gasteiger partial charge in [0.1, 0.15) is 0 Å². The van der Waals surface area contributed by atoms with Crippen LogP contribution in [0, 0.1) is 45.4 Å². The maximum absolute atomic E-state index is 7.50. The predicted molar refractivity (Wildman–Crippen MR) is 156 cm³/mol. The normalized spacial score (nSPS) is 11.0. The van der Waals surface area contributed by atoms with Gasteiger partial charge in [0.05, 0.1) is 0 Å². The molecule has 6 radical (unpaired) electrons. The van der Waals surface area contributed by atoms with Crippen LogP contribution < -0.4 is 10.7 Å². The van der Waals surface area contributed by atoms with Crippen molar-refractivity contribution in [3.8, 4) is 0 Å². The molecule has 194 valence electrons. The molecular formula is C34H30MoO3Sn. The van der Waals surface area contributed by atoms with Gasteiger partial charge in [-0.05, 0) is 32.1 Å². The van der Waals surface area contributed by atoms with Crippen LogP contribution in [0.4, 0.5) is 0 Å². The maximum atomic E-state index is 7.50. The minimum absolute atomic E-state index is 0.739. The van der Waals surface area contributed by atoms with Gasteiger partial charge in [-0.15, -0.1) is 0 Å². The van der Waals surface area contributed by atoms with E-state index in [-0.39, 0.29) is 0 Å². The van der Waals surface area contributed by atoms with Crippen LogP contribution in [-0.4, -0.2) is 30.5 Å². The minimum atomic E-state index is -1.98. The molecule has 0 aliphatic heterocycles. The summed E-state index contributed by atoms with van der Waals surface area (Å²) in [6.07, 6.45) is 10.0. The summed E-state index contributed by atoms with van der Waals surface area (Å²) in [6.45, 7) is 11.7. The van der Waals surface area contributed by atoms with E-state index in [2.05, 4.69) is 104 Å². The Bertz CT molecular complexity index is 1070. The molecule has 0 saturated heterocycles. The third-order valence-electron chi connectivity index (χ3n) is 5.03. The van der Waals surface area contributed by atoms with Crippen molar-refractivity contribution < 1.29 is 33.4 Å². The third-order valence-corrected chi connectivity index (χ3v) is 13.7. The summed E-state index contributed by atoms with van der Waals surface area (Å²) in [7, 11) is 0. The Morgan fingerprint density at radius 2 is 0.846 bits per heavy atom. The second-order valence-corrected chi connectivity index (χ2v) is 15.5. The molecule has 0 N–H and O–H groups in total. The van der Waals surface area contributed by atoms with Crippen LogP contribution in [0.25, 0.3) is 0 Å². The standard InChI is InChI=1S/C9H10O.3C6H5.C5H5.2CO.Mo.Sn/c1-2-10-8-9-6-4-3-5-7-9;3*1-2-4-6-5-3-1;1-2-4-5-3-1;2*1-2;;/h3-7H,2H2,1H3;3*1-5H;1-5H;;;;. The van der Waals surface area contributed by atoms with E-state index >= 15 is 0 Å². The van der Waals surface area contributed by atoms with Gasteiger partial charge >= 0.3 is 222 Å². The molecule has 5 rings (SSSR count). The summed E-state index contributed by atoms with van der Waals surface area (Å²) in [5.41, 5.74) is 1.17. The first kappa shape index (κ1) is 34.7. The molecule has 0 spiro atoms. The van der Waals surface area contributed by atoms with Crippen molar-refractivity contribution in [3.63, 3.8) is 0 Å². The Morgan fingerprint density at radius 3 is 1.13 bits per heavy atom. The Balaban J connectivity index is 0.000000321. The Hall–Kier alpha value is -2.32. The molecule has 0 aromatic heterocycles. The van der Waals surface area contributed by atoms with Crippen LogP contribution in [-0.2, 0) is 33.4 Å². The van der Waals surface area contributed by atoms with Gasteiger partial charge in [-0.25, -0.2) is 0 Å². The zero-order valence-corrected chi connectivity index (χ0v) is 26.6. The van der Waals surface area contributed by atoms with Crippen molar-refractivity contribution in [3.05, 3.63) is 172 Å². The molecule has 5 heteroatoms. The van der Waals surface area contributed by atoms with Crippen molar-refractivity contribution >= 4 is 34.6 Å². The van der Waals surface area contributed by atoms with Gasteiger partial charge in [0.15, 0.2) is 0 Å². The molecule has 0 heterocycles. The molecular weight excluding hydrogens is 671 g/mol. The number of rotatable bonds is 6. The number of benzene rings is 4. The Labute approximate surface area is 252 Å². The summed E-state index contributed by atoms with van der Waals surface area (Å²) < 4.78 is 25.9. The zero-order valence-electron chi connectivity index (χ0n) is 21.8. The van der Waals surface area contributed by atoms with E-state index in [1.807, 2.05) is 88.7 Å². The summed E-state index contributed by atoms with van der Waals surface area (Å²) >= 11 is -0.0690. The molecule has 0 unspecified atom stereocenters. The predicted octanol–water partition coefficient (Wildman–Crippen LogP) is 4.90. The van der Waals surface area contributed by atoms with Crippen LogP contribution >= 0.6 is 0 Å². The van der Waals surface area contributed by atoms with E-state index in [1.165, 1.54) is 16.3 Å². The van der Waals surface area contributed by atoms with Crippen molar-refractivity contribution in [2.45, 2.75) is 6.92 Å². The molecule has 4 aromatic carbocycles. The van der Waals surface area contributed by atoms with E-state index in [4.69, 9.17) is 14.0 Å².